The topological polar surface area (TPSA) is 72.5 Å². The molecule has 1 atom stereocenters. The van der Waals surface area contributed by atoms with Crippen LogP contribution >= 0.6 is 0 Å². The molecule has 7 heteroatoms. The van der Waals surface area contributed by atoms with Crippen LogP contribution in [0.25, 0.3) is 0 Å². The van der Waals surface area contributed by atoms with E-state index in [2.05, 4.69) is 4.74 Å². The molecule has 0 amide bonds. The van der Waals surface area contributed by atoms with Crippen LogP contribution < -0.4 is 10.5 Å². The quantitative estimate of drug-likeness (QED) is 0.591. The van der Waals surface area contributed by atoms with Crippen molar-refractivity contribution in [3.63, 3.8) is 0 Å². The van der Waals surface area contributed by atoms with E-state index in [0.717, 1.165) is 18.9 Å². The lowest BCUT2D eigenvalue weighted by Crippen LogP contribution is -2.19. The molecule has 0 aromatic heterocycles. The number of rotatable bonds is 7. The summed E-state index contributed by atoms with van der Waals surface area (Å²) in [5, 5.41) is 9.26. The van der Waals surface area contributed by atoms with Crippen LogP contribution in [-0.2, 0) is 4.79 Å². The molecule has 118 valence electrons. The molecule has 0 aliphatic rings. The number of ether oxygens (including phenoxy) is 1. The van der Waals surface area contributed by atoms with Crippen molar-refractivity contribution in [1.82, 2.24) is 0 Å². The van der Waals surface area contributed by atoms with Crippen molar-refractivity contribution in [2.75, 3.05) is 5.73 Å². The van der Waals surface area contributed by atoms with E-state index in [1.165, 1.54) is 12.1 Å². The minimum atomic E-state index is -4.87. The van der Waals surface area contributed by atoms with Gasteiger partial charge < -0.3 is 15.6 Å². The fourth-order valence-electron chi connectivity index (χ4n) is 2.09. The van der Waals surface area contributed by atoms with Crippen LogP contribution in [0, 0.1) is 0 Å². The average molecular weight is 305 g/mol. The molecular formula is C14H18F3NO3. The summed E-state index contributed by atoms with van der Waals surface area (Å²) < 4.78 is 40.6. The zero-order valence-corrected chi connectivity index (χ0v) is 11.6. The van der Waals surface area contributed by atoms with Gasteiger partial charge in [-0.05, 0) is 18.1 Å². The minimum Gasteiger partial charge on any atom is -0.481 e. The van der Waals surface area contributed by atoms with E-state index < -0.39 is 24.0 Å². The molecule has 0 radical (unpaired) electrons. The van der Waals surface area contributed by atoms with Crippen LogP contribution in [0.3, 0.4) is 0 Å². The lowest BCUT2D eigenvalue weighted by Gasteiger charge is -2.18. The monoisotopic (exact) mass is 305 g/mol. The third-order valence-corrected chi connectivity index (χ3v) is 3.10. The van der Waals surface area contributed by atoms with Gasteiger partial charge in [-0.1, -0.05) is 38.3 Å². The molecule has 0 bridgehead atoms. The standard InChI is InChI=1S/C14H18F3NO3/c1-2-3-4-6-10(13(19)20)9-7-5-8-11(12(9)18)21-14(15,16)17/h5,7-8,10H,2-4,6,18H2,1H3,(H,19,20). The summed E-state index contributed by atoms with van der Waals surface area (Å²) in [4.78, 5) is 11.3. The summed E-state index contributed by atoms with van der Waals surface area (Å²) in [7, 11) is 0. The molecule has 0 fully saturated rings. The van der Waals surface area contributed by atoms with Gasteiger partial charge in [-0.15, -0.1) is 13.2 Å². The van der Waals surface area contributed by atoms with Gasteiger partial charge in [0.05, 0.1) is 11.6 Å². The Hall–Kier alpha value is -1.92. The molecule has 21 heavy (non-hydrogen) atoms. The van der Waals surface area contributed by atoms with Gasteiger partial charge in [0.15, 0.2) is 5.75 Å². The Labute approximate surface area is 120 Å². The first-order chi connectivity index (χ1) is 9.76. The number of halogens is 3. The Morgan fingerprint density at radius 1 is 1.38 bits per heavy atom. The molecule has 1 aromatic rings. The molecule has 1 unspecified atom stereocenters. The van der Waals surface area contributed by atoms with Crippen molar-refractivity contribution < 1.29 is 27.8 Å². The maximum absolute atomic E-state index is 12.3. The predicted octanol–water partition coefficient (Wildman–Crippen LogP) is 3.92. The molecule has 0 spiro atoms. The summed E-state index contributed by atoms with van der Waals surface area (Å²) in [6, 6.07) is 3.79. The van der Waals surface area contributed by atoms with Gasteiger partial charge in [0.25, 0.3) is 0 Å². The van der Waals surface area contributed by atoms with Gasteiger partial charge in [-0.25, -0.2) is 0 Å². The zero-order valence-electron chi connectivity index (χ0n) is 11.6. The number of nitrogen functional groups attached to an aromatic ring is 1. The van der Waals surface area contributed by atoms with Crippen molar-refractivity contribution in [3.8, 4) is 5.75 Å². The van der Waals surface area contributed by atoms with Gasteiger partial charge in [0, 0.05) is 0 Å². The number of hydrogen-bond acceptors (Lipinski definition) is 3. The van der Waals surface area contributed by atoms with Crippen molar-refractivity contribution in [2.24, 2.45) is 0 Å². The Bertz CT molecular complexity index is 489. The Morgan fingerprint density at radius 3 is 2.57 bits per heavy atom. The SMILES string of the molecule is CCCCCC(C(=O)O)c1cccc(OC(F)(F)F)c1N. The number of carboxylic acids is 1. The molecule has 1 rings (SSSR count). The zero-order chi connectivity index (χ0) is 16.0. The number of alkyl halides is 3. The molecule has 0 saturated heterocycles. The minimum absolute atomic E-state index is 0.153. The highest BCUT2D eigenvalue weighted by Crippen LogP contribution is 2.36. The molecule has 3 N–H and O–H groups in total. The van der Waals surface area contributed by atoms with Crippen molar-refractivity contribution in [2.45, 2.75) is 44.9 Å². The summed E-state index contributed by atoms with van der Waals surface area (Å²) in [5.41, 5.74) is 5.52. The molecule has 4 nitrogen and oxygen atoms in total. The van der Waals surface area contributed by atoms with Crippen molar-refractivity contribution >= 4 is 11.7 Å². The van der Waals surface area contributed by atoms with Crippen LogP contribution in [0.2, 0.25) is 0 Å². The van der Waals surface area contributed by atoms with E-state index in [1.807, 2.05) is 6.92 Å². The van der Waals surface area contributed by atoms with E-state index in [0.29, 0.717) is 12.8 Å². The van der Waals surface area contributed by atoms with Crippen LogP contribution in [-0.4, -0.2) is 17.4 Å². The maximum atomic E-state index is 12.3. The number of nitrogens with two attached hydrogens (primary N) is 1. The summed E-state index contributed by atoms with van der Waals surface area (Å²) >= 11 is 0. The molecule has 0 aliphatic carbocycles. The summed E-state index contributed by atoms with van der Waals surface area (Å²) in [6.45, 7) is 1.97. The van der Waals surface area contributed by atoms with Crippen molar-refractivity contribution in [1.29, 1.82) is 0 Å². The number of hydrogen-bond donors (Lipinski definition) is 2. The molecule has 0 aliphatic heterocycles. The van der Waals surface area contributed by atoms with E-state index in [9.17, 15) is 23.1 Å². The first kappa shape index (κ1) is 17.1. The van der Waals surface area contributed by atoms with E-state index >= 15 is 0 Å². The van der Waals surface area contributed by atoms with Gasteiger partial charge >= 0.3 is 12.3 Å². The van der Waals surface area contributed by atoms with E-state index in [-0.39, 0.29) is 11.3 Å². The van der Waals surface area contributed by atoms with E-state index in [1.54, 1.807) is 0 Å². The third kappa shape index (κ3) is 5.17. The lowest BCUT2D eigenvalue weighted by atomic mass is 9.92. The Morgan fingerprint density at radius 2 is 2.05 bits per heavy atom. The lowest BCUT2D eigenvalue weighted by molar-refractivity contribution is -0.274. The second-order valence-corrected chi connectivity index (χ2v) is 4.69. The third-order valence-electron chi connectivity index (χ3n) is 3.10. The number of para-hydroxylation sites is 1. The maximum Gasteiger partial charge on any atom is 0.573 e. The highest BCUT2D eigenvalue weighted by atomic mass is 19.4. The number of carboxylic acid groups (broad SMARTS) is 1. The molecule has 0 heterocycles. The number of anilines is 1. The number of carbonyl (C=O) groups is 1. The van der Waals surface area contributed by atoms with Gasteiger partial charge in [-0.2, -0.15) is 0 Å². The summed E-state index contributed by atoms with van der Waals surface area (Å²) in [6.07, 6.45) is -2.12. The first-order valence-electron chi connectivity index (χ1n) is 6.63. The van der Waals surface area contributed by atoms with Crippen LogP contribution in [0.15, 0.2) is 18.2 Å². The molecule has 1 aromatic carbocycles. The number of aliphatic carboxylic acids is 1. The Kier molecular flexibility index (Phi) is 5.87. The van der Waals surface area contributed by atoms with Crippen LogP contribution in [0.5, 0.6) is 5.75 Å². The highest BCUT2D eigenvalue weighted by molar-refractivity contribution is 5.79. The normalized spacial score (nSPS) is 13.0. The highest BCUT2D eigenvalue weighted by Gasteiger charge is 2.33. The van der Waals surface area contributed by atoms with Crippen LogP contribution in [0.4, 0.5) is 18.9 Å². The smallest absolute Gasteiger partial charge is 0.481 e. The van der Waals surface area contributed by atoms with Gasteiger partial charge in [0.1, 0.15) is 0 Å². The van der Waals surface area contributed by atoms with E-state index in [4.69, 9.17) is 5.73 Å². The molecular weight excluding hydrogens is 287 g/mol. The second-order valence-electron chi connectivity index (χ2n) is 4.69. The Balaban J connectivity index is 3.03. The van der Waals surface area contributed by atoms with Crippen LogP contribution in [0.1, 0.15) is 44.1 Å². The fraction of sp³-hybridized carbons (Fsp3) is 0.500. The summed E-state index contributed by atoms with van der Waals surface area (Å²) in [5.74, 6) is -2.61. The first-order valence-corrected chi connectivity index (χ1v) is 6.63. The average Bonchev–Trinajstić information content (AvgIpc) is 2.36. The largest absolute Gasteiger partial charge is 0.573 e. The predicted molar refractivity (Wildman–Crippen MR) is 72.1 cm³/mol. The van der Waals surface area contributed by atoms with Gasteiger partial charge in [0.2, 0.25) is 0 Å². The van der Waals surface area contributed by atoms with Crippen molar-refractivity contribution in [3.05, 3.63) is 23.8 Å². The van der Waals surface area contributed by atoms with Gasteiger partial charge in [-0.3, -0.25) is 4.79 Å². The number of benzene rings is 1. The molecule has 0 saturated carbocycles. The second kappa shape index (κ2) is 7.19. The fourth-order valence-corrected chi connectivity index (χ4v) is 2.09. The number of unbranched alkanes of at least 4 members (excludes halogenated alkanes) is 2.